The maximum absolute atomic E-state index is 8.84. The number of aliphatic hydroxyl groups excluding tert-OH is 1. The summed E-state index contributed by atoms with van der Waals surface area (Å²) in [6, 6.07) is 5.76. The highest BCUT2D eigenvalue weighted by atomic mass is 16.3. The highest BCUT2D eigenvalue weighted by Crippen LogP contribution is 2.11. The summed E-state index contributed by atoms with van der Waals surface area (Å²) < 4.78 is 0. The first-order chi connectivity index (χ1) is 7.30. The largest absolute Gasteiger partial charge is 0.396 e. The Morgan fingerprint density at radius 3 is 3.07 bits per heavy atom. The van der Waals surface area contributed by atoms with E-state index in [-0.39, 0.29) is 12.6 Å². The first-order valence-electron chi connectivity index (χ1n) is 5.03. The number of nitriles is 1. The summed E-state index contributed by atoms with van der Waals surface area (Å²) in [4.78, 5) is 3.89. The number of aliphatic hydroxyl groups is 1. The predicted molar refractivity (Wildman–Crippen MR) is 58.4 cm³/mol. The van der Waals surface area contributed by atoms with Crippen LogP contribution < -0.4 is 5.32 Å². The van der Waals surface area contributed by atoms with Gasteiger partial charge in [-0.3, -0.25) is 0 Å². The molecule has 0 amide bonds. The van der Waals surface area contributed by atoms with Gasteiger partial charge in [0.05, 0.1) is 0 Å². The molecule has 1 aromatic rings. The summed E-state index contributed by atoms with van der Waals surface area (Å²) in [5.74, 6) is 0. The monoisotopic (exact) mass is 205 g/mol. The molecule has 1 rings (SSSR count). The van der Waals surface area contributed by atoms with Crippen molar-refractivity contribution in [2.45, 2.75) is 25.8 Å². The standard InChI is InChI=1S/C11H15N3O/c1-2-9(4-6-15)14-10-3-5-13-11(7-10)8-12/h3,5,7,9,15H,2,4,6H2,1H3,(H,13,14). The zero-order chi connectivity index (χ0) is 11.1. The quantitative estimate of drug-likeness (QED) is 0.764. The number of aromatic nitrogens is 1. The molecule has 4 heteroatoms. The first kappa shape index (κ1) is 11.5. The van der Waals surface area contributed by atoms with Gasteiger partial charge in [-0.25, -0.2) is 4.98 Å². The van der Waals surface area contributed by atoms with Crippen LogP contribution in [0.5, 0.6) is 0 Å². The number of pyridine rings is 1. The molecule has 4 nitrogen and oxygen atoms in total. The molecule has 0 spiro atoms. The van der Waals surface area contributed by atoms with Crippen molar-refractivity contribution in [3.63, 3.8) is 0 Å². The van der Waals surface area contributed by atoms with E-state index in [1.807, 2.05) is 12.1 Å². The van der Waals surface area contributed by atoms with E-state index in [9.17, 15) is 0 Å². The van der Waals surface area contributed by atoms with Gasteiger partial charge in [0.25, 0.3) is 0 Å². The van der Waals surface area contributed by atoms with E-state index in [2.05, 4.69) is 17.2 Å². The summed E-state index contributed by atoms with van der Waals surface area (Å²) in [7, 11) is 0. The van der Waals surface area contributed by atoms with Crippen LogP contribution in [-0.4, -0.2) is 22.7 Å². The molecular weight excluding hydrogens is 190 g/mol. The lowest BCUT2D eigenvalue weighted by Gasteiger charge is -2.16. The molecule has 0 aliphatic carbocycles. The van der Waals surface area contributed by atoms with E-state index in [0.717, 1.165) is 12.1 Å². The Kier molecular flexibility index (Phi) is 4.58. The van der Waals surface area contributed by atoms with Gasteiger partial charge in [-0.05, 0) is 25.0 Å². The van der Waals surface area contributed by atoms with Crippen LogP contribution in [0.1, 0.15) is 25.5 Å². The SMILES string of the molecule is CCC(CCO)Nc1ccnc(C#N)c1. The second kappa shape index (κ2) is 5.99. The molecule has 0 bridgehead atoms. The Bertz CT molecular complexity index is 346. The first-order valence-corrected chi connectivity index (χ1v) is 5.03. The molecule has 80 valence electrons. The smallest absolute Gasteiger partial charge is 0.142 e. The topological polar surface area (TPSA) is 68.9 Å². The molecule has 0 aromatic carbocycles. The molecule has 0 saturated carbocycles. The third-order valence-electron chi connectivity index (χ3n) is 2.22. The van der Waals surface area contributed by atoms with E-state index < -0.39 is 0 Å². The van der Waals surface area contributed by atoms with Crippen molar-refractivity contribution >= 4 is 5.69 Å². The van der Waals surface area contributed by atoms with Crippen LogP contribution in [0, 0.1) is 11.3 Å². The van der Waals surface area contributed by atoms with E-state index in [1.165, 1.54) is 0 Å². The van der Waals surface area contributed by atoms with Gasteiger partial charge >= 0.3 is 0 Å². The predicted octanol–water partition coefficient (Wildman–Crippen LogP) is 1.53. The summed E-state index contributed by atoms with van der Waals surface area (Å²) >= 11 is 0. The van der Waals surface area contributed by atoms with Crippen molar-refractivity contribution in [1.82, 2.24) is 4.98 Å². The average molecular weight is 205 g/mol. The van der Waals surface area contributed by atoms with Gasteiger partial charge in [0, 0.05) is 24.5 Å². The fraction of sp³-hybridized carbons (Fsp3) is 0.455. The van der Waals surface area contributed by atoms with Crippen molar-refractivity contribution in [3.8, 4) is 6.07 Å². The molecule has 1 atom stereocenters. The molecule has 0 fully saturated rings. The van der Waals surface area contributed by atoms with Crippen molar-refractivity contribution in [2.24, 2.45) is 0 Å². The van der Waals surface area contributed by atoms with E-state index in [0.29, 0.717) is 12.1 Å². The molecule has 2 N–H and O–H groups in total. The Morgan fingerprint density at radius 2 is 2.47 bits per heavy atom. The van der Waals surface area contributed by atoms with Gasteiger partial charge < -0.3 is 10.4 Å². The Morgan fingerprint density at radius 1 is 1.67 bits per heavy atom. The van der Waals surface area contributed by atoms with Crippen molar-refractivity contribution in [2.75, 3.05) is 11.9 Å². The van der Waals surface area contributed by atoms with Crippen LogP contribution in [0.25, 0.3) is 0 Å². The molecule has 1 aromatic heterocycles. The maximum Gasteiger partial charge on any atom is 0.142 e. The van der Waals surface area contributed by atoms with Gasteiger partial charge in [-0.2, -0.15) is 5.26 Å². The van der Waals surface area contributed by atoms with E-state index in [1.54, 1.807) is 12.3 Å². The Balaban J connectivity index is 2.66. The number of nitrogens with one attached hydrogen (secondary N) is 1. The lowest BCUT2D eigenvalue weighted by atomic mass is 10.1. The van der Waals surface area contributed by atoms with Crippen LogP contribution in [0.15, 0.2) is 18.3 Å². The lowest BCUT2D eigenvalue weighted by Crippen LogP contribution is -2.19. The number of hydrogen-bond acceptors (Lipinski definition) is 4. The zero-order valence-corrected chi connectivity index (χ0v) is 8.77. The van der Waals surface area contributed by atoms with Crippen molar-refractivity contribution < 1.29 is 5.11 Å². The van der Waals surface area contributed by atoms with E-state index >= 15 is 0 Å². The fourth-order valence-electron chi connectivity index (χ4n) is 1.35. The number of nitrogens with zero attached hydrogens (tertiary/aromatic N) is 2. The minimum absolute atomic E-state index is 0.168. The van der Waals surface area contributed by atoms with Gasteiger partial charge in [0.1, 0.15) is 11.8 Å². The highest BCUT2D eigenvalue weighted by molar-refractivity contribution is 5.46. The molecule has 0 saturated heterocycles. The van der Waals surface area contributed by atoms with Crippen LogP contribution in [0.2, 0.25) is 0 Å². The molecule has 0 aliphatic heterocycles. The van der Waals surface area contributed by atoms with Gasteiger partial charge in [0.2, 0.25) is 0 Å². The number of rotatable bonds is 5. The molecule has 1 unspecified atom stereocenters. The number of anilines is 1. The maximum atomic E-state index is 8.84. The summed E-state index contributed by atoms with van der Waals surface area (Å²) in [5.41, 5.74) is 1.28. The lowest BCUT2D eigenvalue weighted by molar-refractivity contribution is 0.278. The number of hydrogen-bond donors (Lipinski definition) is 2. The third kappa shape index (κ3) is 3.56. The highest BCUT2D eigenvalue weighted by Gasteiger charge is 2.05. The summed E-state index contributed by atoms with van der Waals surface area (Å²) in [6.07, 6.45) is 3.25. The van der Waals surface area contributed by atoms with Crippen molar-refractivity contribution in [3.05, 3.63) is 24.0 Å². The van der Waals surface area contributed by atoms with E-state index in [4.69, 9.17) is 10.4 Å². The average Bonchev–Trinajstić information content (AvgIpc) is 2.29. The fourth-order valence-corrected chi connectivity index (χ4v) is 1.35. The molecule has 0 aliphatic rings. The third-order valence-corrected chi connectivity index (χ3v) is 2.22. The second-order valence-electron chi connectivity index (χ2n) is 3.30. The summed E-state index contributed by atoms with van der Waals surface area (Å²) in [6.45, 7) is 2.22. The second-order valence-corrected chi connectivity index (χ2v) is 3.30. The van der Waals surface area contributed by atoms with Gasteiger partial charge in [-0.1, -0.05) is 6.92 Å². The van der Waals surface area contributed by atoms with Gasteiger partial charge in [0.15, 0.2) is 0 Å². The molecular formula is C11H15N3O. The zero-order valence-electron chi connectivity index (χ0n) is 8.77. The van der Waals surface area contributed by atoms with Crippen LogP contribution >= 0.6 is 0 Å². The van der Waals surface area contributed by atoms with Gasteiger partial charge in [-0.15, -0.1) is 0 Å². The van der Waals surface area contributed by atoms with Crippen LogP contribution in [0.4, 0.5) is 5.69 Å². The minimum Gasteiger partial charge on any atom is -0.396 e. The Labute approximate surface area is 89.6 Å². The minimum atomic E-state index is 0.168. The Hall–Kier alpha value is -1.60. The van der Waals surface area contributed by atoms with Crippen LogP contribution in [0.3, 0.4) is 0 Å². The summed E-state index contributed by atoms with van der Waals surface area (Å²) in [5, 5.41) is 20.8. The van der Waals surface area contributed by atoms with Crippen LogP contribution in [-0.2, 0) is 0 Å². The molecule has 0 radical (unpaired) electrons. The normalized spacial score (nSPS) is 11.8. The van der Waals surface area contributed by atoms with Crippen molar-refractivity contribution in [1.29, 1.82) is 5.26 Å². The molecule has 15 heavy (non-hydrogen) atoms. The molecule has 1 heterocycles.